The van der Waals surface area contributed by atoms with E-state index in [4.69, 9.17) is 4.98 Å². The van der Waals surface area contributed by atoms with Crippen molar-refractivity contribution in [3.8, 4) is 0 Å². The van der Waals surface area contributed by atoms with Crippen LogP contribution >= 0.6 is 0 Å². The third kappa shape index (κ3) is 4.67. The maximum Gasteiger partial charge on any atom is 0.236 e. The van der Waals surface area contributed by atoms with Gasteiger partial charge >= 0.3 is 0 Å². The highest BCUT2D eigenvalue weighted by molar-refractivity contribution is 6.05. The Morgan fingerprint density at radius 2 is 1.77 bits per heavy atom. The van der Waals surface area contributed by atoms with Crippen molar-refractivity contribution in [1.29, 1.82) is 0 Å². The molecule has 2 amide bonds. The molecule has 43 heavy (non-hydrogen) atoms. The molecule has 2 aromatic heterocycles. The number of piperidine rings is 1. The van der Waals surface area contributed by atoms with E-state index in [9.17, 15) is 18.4 Å². The number of likely N-dealkylation sites (tertiary alicyclic amines) is 1. The van der Waals surface area contributed by atoms with Crippen LogP contribution in [-0.4, -0.2) is 26.7 Å². The normalized spacial score (nSPS) is 22.8. The number of pyridine rings is 2. The van der Waals surface area contributed by atoms with Crippen LogP contribution in [-0.2, 0) is 28.0 Å². The SMILES string of the molecule is Cc1cc2cc(CN3C(=O)C4(CCCC4)CC[C@H]3c3cc(F)cc(F)c3)cnc2cc1C[C@]1(C)C(=O)Nc2ncccc21. The number of carbonyl (C=O) groups excluding carboxylic acids is 2. The number of anilines is 1. The molecule has 4 aromatic rings. The molecular formula is C35H34F2N4O2. The first-order valence-corrected chi connectivity index (χ1v) is 15.1. The van der Waals surface area contributed by atoms with Crippen molar-refractivity contribution < 1.29 is 18.4 Å². The molecule has 2 fully saturated rings. The van der Waals surface area contributed by atoms with Crippen molar-refractivity contribution in [1.82, 2.24) is 14.9 Å². The number of hydrogen-bond acceptors (Lipinski definition) is 4. The van der Waals surface area contributed by atoms with Gasteiger partial charge in [-0.05, 0) is 105 Å². The quantitative estimate of drug-likeness (QED) is 0.273. The van der Waals surface area contributed by atoms with Crippen LogP contribution in [0.4, 0.5) is 14.6 Å². The molecule has 1 saturated heterocycles. The first kappa shape index (κ1) is 27.6. The Kier molecular flexibility index (Phi) is 6.56. The smallest absolute Gasteiger partial charge is 0.236 e. The zero-order valence-corrected chi connectivity index (χ0v) is 24.4. The van der Waals surface area contributed by atoms with E-state index in [-0.39, 0.29) is 17.2 Å². The summed E-state index contributed by atoms with van der Waals surface area (Å²) in [5, 5.41) is 3.85. The molecule has 1 spiro atoms. The van der Waals surface area contributed by atoms with Gasteiger partial charge in [0.2, 0.25) is 11.8 Å². The fraction of sp³-hybridized carbons (Fsp3) is 0.371. The van der Waals surface area contributed by atoms with E-state index in [1.165, 1.54) is 12.1 Å². The molecule has 0 unspecified atom stereocenters. The van der Waals surface area contributed by atoms with E-state index in [0.29, 0.717) is 30.8 Å². The molecule has 3 aliphatic rings. The Morgan fingerprint density at radius 1 is 1.00 bits per heavy atom. The number of carbonyl (C=O) groups is 2. The number of aromatic nitrogens is 2. The molecule has 7 rings (SSSR count). The molecule has 1 saturated carbocycles. The molecule has 4 heterocycles. The summed E-state index contributed by atoms with van der Waals surface area (Å²) < 4.78 is 28.5. The number of benzene rings is 2. The Labute approximate surface area is 249 Å². The minimum atomic E-state index is -0.738. The molecule has 2 aromatic carbocycles. The highest BCUT2D eigenvalue weighted by Gasteiger charge is 2.49. The predicted octanol–water partition coefficient (Wildman–Crippen LogP) is 7.09. The van der Waals surface area contributed by atoms with Crippen molar-refractivity contribution in [2.24, 2.45) is 5.41 Å². The lowest BCUT2D eigenvalue weighted by Gasteiger charge is -2.45. The fourth-order valence-electron chi connectivity index (χ4n) is 7.66. The van der Waals surface area contributed by atoms with Crippen LogP contribution in [0, 0.1) is 24.0 Å². The van der Waals surface area contributed by atoms with E-state index in [1.54, 1.807) is 12.4 Å². The van der Waals surface area contributed by atoms with Crippen LogP contribution in [0.15, 0.2) is 60.9 Å². The van der Waals surface area contributed by atoms with Crippen LogP contribution in [0.3, 0.4) is 0 Å². The number of aryl methyl sites for hydroxylation is 1. The van der Waals surface area contributed by atoms with Gasteiger partial charge in [-0.25, -0.2) is 13.8 Å². The van der Waals surface area contributed by atoms with Crippen molar-refractivity contribution in [3.05, 3.63) is 100 Å². The number of nitrogens with one attached hydrogen (secondary N) is 1. The van der Waals surface area contributed by atoms with Gasteiger partial charge in [-0.2, -0.15) is 0 Å². The summed E-state index contributed by atoms with van der Waals surface area (Å²) >= 11 is 0. The number of hydrogen-bond donors (Lipinski definition) is 1. The van der Waals surface area contributed by atoms with Gasteiger partial charge in [0.25, 0.3) is 0 Å². The van der Waals surface area contributed by atoms with Crippen molar-refractivity contribution >= 4 is 28.5 Å². The van der Waals surface area contributed by atoms with Crippen LogP contribution in [0.25, 0.3) is 10.9 Å². The van der Waals surface area contributed by atoms with E-state index in [0.717, 1.165) is 71.3 Å². The number of amides is 2. The number of fused-ring (bicyclic) bond motifs is 2. The molecule has 2 aliphatic heterocycles. The molecule has 0 radical (unpaired) electrons. The van der Waals surface area contributed by atoms with Crippen LogP contribution in [0.1, 0.15) is 79.3 Å². The fourth-order valence-corrected chi connectivity index (χ4v) is 7.66. The second-order valence-corrected chi connectivity index (χ2v) is 12.9. The summed E-state index contributed by atoms with van der Waals surface area (Å²) in [6, 6.07) is 13.1. The second kappa shape index (κ2) is 10.2. The van der Waals surface area contributed by atoms with Crippen LogP contribution in [0.5, 0.6) is 0 Å². The summed E-state index contributed by atoms with van der Waals surface area (Å²) in [4.78, 5) is 38.0. The second-order valence-electron chi connectivity index (χ2n) is 12.9. The van der Waals surface area contributed by atoms with E-state index < -0.39 is 23.1 Å². The zero-order chi connectivity index (χ0) is 29.9. The average molecular weight is 581 g/mol. The lowest BCUT2D eigenvalue weighted by atomic mass is 9.74. The Bertz CT molecular complexity index is 1760. The molecule has 0 bridgehead atoms. The van der Waals surface area contributed by atoms with Crippen molar-refractivity contribution in [3.63, 3.8) is 0 Å². The van der Waals surface area contributed by atoms with Gasteiger partial charge in [-0.15, -0.1) is 0 Å². The van der Waals surface area contributed by atoms with Gasteiger partial charge in [0.15, 0.2) is 0 Å². The lowest BCUT2D eigenvalue weighted by Crippen LogP contribution is -2.48. The van der Waals surface area contributed by atoms with Gasteiger partial charge < -0.3 is 10.2 Å². The number of nitrogens with zero attached hydrogens (tertiary/aromatic N) is 3. The van der Waals surface area contributed by atoms with Gasteiger partial charge in [0, 0.05) is 41.4 Å². The Balaban J connectivity index is 1.20. The first-order valence-electron chi connectivity index (χ1n) is 15.1. The van der Waals surface area contributed by atoms with Gasteiger partial charge in [0.1, 0.15) is 17.5 Å². The zero-order valence-electron chi connectivity index (χ0n) is 24.4. The third-order valence-corrected chi connectivity index (χ3v) is 10.0. The summed E-state index contributed by atoms with van der Waals surface area (Å²) in [7, 11) is 0. The van der Waals surface area contributed by atoms with E-state index >= 15 is 0 Å². The summed E-state index contributed by atoms with van der Waals surface area (Å²) in [5.41, 5.74) is 4.02. The summed E-state index contributed by atoms with van der Waals surface area (Å²) in [5.74, 6) is -0.641. The highest BCUT2D eigenvalue weighted by atomic mass is 19.1. The monoisotopic (exact) mass is 580 g/mol. The van der Waals surface area contributed by atoms with Crippen LogP contribution in [0.2, 0.25) is 0 Å². The number of halogens is 2. The van der Waals surface area contributed by atoms with Crippen LogP contribution < -0.4 is 5.32 Å². The summed E-state index contributed by atoms with van der Waals surface area (Å²) in [6.45, 7) is 4.30. The molecule has 220 valence electrons. The molecule has 6 nitrogen and oxygen atoms in total. The molecule has 2 atom stereocenters. The van der Waals surface area contributed by atoms with Crippen molar-refractivity contribution in [2.75, 3.05) is 5.32 Å². The Morgan fingerprint density at radius 3 is 2.53 bits per heavy atom. The molecule has 8 heteroatoms. The van der Waals surface area contributed by atoms with Gasteiger partial charge in [-0.1, -0.05) is 18.9 Å². The highest BCUT2D eigenvalue weighted by Crippen LogP contribution is 2.50. The van der Waals surface area contributed by atoms with E-state index in [2.05, 4.69) is 22.4 Å². The van der Waals surface area contributed by atoms with Gasteiger partial charge in [0.05, 0.1) is 17.0 Å². The third-order valence-electron chi connectivity index (χ3n) is 10.0. The largest absolute Gasteiger partial charge is 0.331 e. The molecule has 1 aliphatic carbocycles. The maximum atomic E-state index is 14.2. The lowest BCUT2D eigenvalue weighted by molar-refractivity contribution is -0.151. The number of rotatable bonds is 5. The summed E-state index contributed by atoms with van der Waals surface area (Å²) in [6.07, 6.45) is 9.17. The average Bonchev–Trinajstić information content (AvgIpc) is 3.54. The van der Waals surface area contributed by atoms with E-state index in [1.807, 2.05) is 36.9 Å². The van der Waals surface area contributed by atoms with Crippen molar-refractivity contribution in [2.45, 2.75) is 76.8 Å². The first-order chi connectivity index (χ1) is 20.6. The minimum absolute atomic E-state index is 0.0667. The molecular weight excluding hydrogens is 546 g/mol. The standard InChI is InChI=1S/C35H34F2N4O2/c1-21-12-23-13-22(19-39-29(23)16-25(21)18-34(2)28-6-5-11-38-31(28)40-32(34)42)20-41-30(24-14-26(36)17-27(37)15-24)7-10-35(33(41)43)8-3-4-9-35/h5-6,11-17,19,30H,3-4,7-10,18,20H2,1-2H3,(H,38,40,42)/t30-,34-/m0/s1. The Hall–Kier alpha value is -4.20. The topological polar surface area (TPSA) is 75.2 Å². The maximum absolute atomic E-state index is 14.2. The minimum Gasteiger partial charge on any atom is -0.331 e. The molecule has 1 N–H and O–H groups in total. The predicted molar refractivity (Wildman–Crippen MR) is 160 cm³/mol. The van der Waals surface area contributed by atoms with Gasteiger partial charge in [-0.3, -0.25) is 14.6 Å².